The summed E-state index contributed by atoms with van der Waals surface area (Å²) >= 11 is 0. The molecule has 0 fully saturated rings. The van der Waals surface area contributed by atoms with E-state index < -0.39 is 0 Å². The molecular formula is C29H26FN5O. The summed E-state index contributed by atoms with van der Waals surface area (Å²) in [6, 6.07) is 19.0. The quantitative estimate of drug-likeness (QED) is 0.184. The van der Waals surface area contributed by atoms with E-state index in [-0.39, 0.29) is 11.7 Å². The van der Waals surface area contributed by atoms with Gasteiger partial charge < -0.3 is 16.0 Å². The molecule has 0 aliphatic heterocycles. The first-order chi connectivity index (χ1) is 17.5. The van der Waals surface area contributed by atoms with Crippen molar-refractivity contribution in [3.63, 3.8) is 0 Å². The molecule has 3 aromatic carbocycles. The number of carbonyl (C=O) groups excluding carboxylic acids is 1. The number of benzene rings is 3. The van der Waals surface area contributed by atoms with E-state index in [1.807, 2.05) is 56.3 Å². The molecule has 0 saturated carbocycles. The molecule has 0 aliphatic carbocycles. The zero-order valence-corrected chi connectivity index (χ0v) is 20.0. The second kappa shape index (κ2) is 11.1. The van der Waals surface area contributed by atoms with Crippen LogP contribution in [0.25, 0.3) is 10.9 Å². The number of aryl methyl sites for hydroxylation is 1. The number of anilines is 4. The Morgan fingerprint density at radius 1 is 0.972 bits per heavy atom. The van der Waals surface area contributed by atoms with Crippen molar-refractivity contribution in [2.75, 3.05) is 16.0 Å². The Balaban J connectivity index is 1.43. The van der Waals surface area contributed by atoms with Gasteiger partial charge in [0, 0.05) is 51.8 Å². The minimum Gasteiger partial charge on any atom is -0.356 e. The highest BCUT2D eigenvalue weighted by molar-refractivity contribution is 6.04. The molecule has 0 saturated heterocycles. The van der Waals surface area contributed by atoms with E-state index in [1.165, 1.54) is 12.1 Å². The molecular weight excluding hydrogens is 453 g/mol. The van der Waals surface area contributed by atoms with E-state index in [2.05, 4.69) is 32.6 Å². The Hall–Kier alpha value is -4.78. The first-order valence-electron chi connectivity index (χ1n) is 11.4. The Kier molecular flexibility index (Phi) is 7.51. The molecule has 4 rings (SSSR count). The van der Waals surface area contributed by atoms with Gasteiger partial charge in [-0.15, -0.1) is 0 Å². The van der Waals surface area contributed by atoms with Crippen molar-refractivity contribution in [3.05, 3.63) is 114 Å². The summed E-state index contributed by atoms with van der Waals surface area (Å²) in [7, 11) is 0. The minimum atomic E-state index is -0.325. The molecule has 7 heteroatoms. The van der Waals surface area contributed by atoms with Crippen LogP contribution in [0, 0.1) is 12.7 Å². The lowest BCUT2D eigenvalue weighted by Crippen LogP contribution is -2.12. The van der Waals surface area contributed by atoms with E-state index in [0.29, 0.717) is 22.2 Å². The number of hydrogen-bond acceptors (Lipinski definition) is 5. The van der Waals surface area contributed by atoms with Gasteiger partial charge in [-0.05, 0) is 98.9 Å². The van der Waals surface area contributed by atoms with Crippen molar-refractivity contribution in [2.45, 2.75) is 13.8 Å². The summed E-state index contributed by atoms with van der Waals surface area (Å²) in [6.07, 6.45) is 7.05. The number of nitrogens with zero attached hydrogens (tertiary/aromatic N) is 2. The van der Waals surface area contributed by atoms with Crippen molar-refractivity contribution in [1.29, 1.82) is 0 Å². The normalized spacial score (nSPS) is 11.5. The molecule has 1 aromatic heterocycles. The first-order valence-corrected chi connectivity index (χ1v) is 11.4. The van der Waals surface area contributed by atoms with Gasteiger partial charge in [0.2, 0.25) is 0 Å². The van der Waals surface area contributed by atoms with Gasteiger partial charge in [-0.25, -0.2) is 4.39 Å². The van der Waals surface area contributed by atoms with Gasteiger partial charge in [0.1, 0.15) is 5.82 Å². The summed E-state index contributed by atoms with van der Waals surface area (Å²) in [5.41, 5.74) is 6.21. The molecule has 3 N–H and O–H groups in total. The third kappa shape index (κ3) is 5.82. The van der Waals surface area contributed by atoms with Gasteiger partial charge >= 0.3 is 0 Å². The third-order valence-corrected chi connectivity index (χ3v) is 5.56. The van der Waals surface area contributed by atoms with Crippen LogP contribution < -0.4 is 16.0 Å². The van der Waals surface area contributed by atoms with E-state index in [0.717, 1.165) is 28.3 Å². The number of allylic oxidation sites excluding steroid dienone is 2. The van der Waals surface area contributed by atoms with Gasteiger partial charge in [-0.3, -0.25) is 14.8 Å². The summed E-state index contributed by atoms with van der Waals surface area (Å²) in [4.78, 5) is 20.8. The maximum absolute atomic E-state index is 13.7. The fourth-order valence-electron chi connectivity index (χ4n) is 3.67. The summed E-state index contributed by atoms with van der Waals surface area (Å²) in [6.45, 7) is 7.34. The van der Waals surface area contributed by atoms with Gasteiger partial charge in [0.15, 0.2) is 0 Å². The van der Waals surface area contributed by atoms with Crippen LogP contribution in [0.3, 0.4) is 0 Å². The summed E-state index contributed by atoms with van der Waals surface area (Å²) in [5, 5.41) is 10.2. The second-order valence-electron chi connectivity index (χ2n) is 8.07. The highest BCUT2D eigenvalue weighted by atomic mass is 19.1. The summed E-state index contributed by atoms with van der Waals surface area (Å²) < 4.78 is 13.7. The number of rotatable bonds is 8. The standard InChI is InChI=1S/C29H26FN5O/c1-4-22(13-15-31-3)33-26-12-10-24(17-19(26)2)35-29(36)20-5-8-23(9-6-20)34-28-14-16-32-27-11-7-21(30)18-25(27)28/h4-18,33H,3H2,1-2H3,(H,32,34)(H,35,36)/b15-13-,22-4+. The lowest BCUT2D eigenvalue weighted by atomic mass is 10.1. The lowest BCUT2D eigenvalue weighted by molar-refractivity contribution is 0.102. The van der Waals surface area contributed by atoms with Crippen LogP contribution in [0.15, 0.2) is 102 Å². The molecule has 0 bridgehead atoms. The number of fused-ring (bicyclic) bond motifs is 1. The molecule has 6 nitrogen and oxygen atoms in total. The highest BCUT2D eigenvalue weighted by Crippen LogP contribution is 2.26. The van der Waals surface area contributed by atoms with E-state index in [9.17, 15) is 9.18 Å². The first kappa shape index (κ1) is 24.3. The molecule has 4 aromatic rings. The number of amides is 1. The van der Waals surface area contributed by atoms with Gasteiger partial charge in [-0.1, -0.05) is 6.08 Å². The van der Waals surface area contributed by atoms with Crippen LogP contribution >= 0.6 is 0 Å². The van der Waals surface area contributed by atoms with Gasteiger partial charge in [0.05, 0.1) is 5.52 Å². The lowest BCUT2D eigenvalue weighted by Gasteiger charge is -2.13. The molecule has 0 spiro atoms. The van der Waals surface area contributed by atoms with E-state index in [4.69, 9.17) is 0 Å². The molecule has 0 aliphatic rings. The number of hydrogen-bond donors (Lipinski definition) is 3. The van der Waals surface area contributed by atoms with Gasteiger partial charge in [-0.2, -0.15) is 0 Å². The second-order valence-corrected chi connectivity index (χ2v) is 8.07. The number of pyridine rings is 1. The molecule has 0 radical (unpaired) electrons. The monoisotopic (exact) mass is 479 g/mol. The predicted octanol–water partition coefficient (Wildman–Crippen LogP) is 7.21. The molecule has 36 heavy (non-hydrogen) atoms. The van der Waals surface area contributed by atoms with Crippen LogP contribution in [0.1, 0.15) is 22.8 Å². The number of aliphatic imine (C=N–C) groups is 1. The smallest absolute Gasteiger partial charge is 0.255 e. The van der Waals surface area contributed by atoms with Crippen LogP contribution in [-0.4, -0.2) is 17.6 Å². The van der Waals surface area contributed by atoms with Crippen molar-refractivity contribution in [2.24, 2.45) is 4.99 Å². The van der Waals surface area contributed by atoms with Crippen LogP contribution in [-0.2, 0) is 0 Å². The summed E-state index contributed by atoms with van der Waals surface area (Å²) in [5.74, 6) is -0.541. The molecule has 180 valence electrons. The minimum absolute atomic E-state index is 0.216. The van der Waals surface area contributed by atoms with Crippen LogP contribution in [0.2, 0.25) is 0 Å². The molecule has 1 amide bonds. The number of aromatic nitrogens is 1. The highest BCUT2D eigenvalue weighted by Gasteiger charge is 2.09. The Morgan fingerprint density at radius 3 is 2.47 bits per heavy atom. The molecule has 0 unspecified atom stereocenters. The Labute approximate surface area is 209 Å². The largest absolute Gasteiger partial charge is 0.356 e. The zero-order valence-electron chi connectivity index (χ0n) is 20.0. The molecule has 1 heterocycles. The maximum atomic E-state index is 13.7. The van der Waals surface area contributed by atoms with Crippen molar-refractivity contribution < 1.29 is 9.18 Å². The zero-order chi connectivity index (χ0) is 25.5. The van der Waals surface area contributed by atoms with Gasteiger partial charge in [0.25, 0.3) is 5.91 Å². The Bertz CT molecular complexity index is 1480. The topological polar surface area (TPSA) is 78.4 Å². The predicted molar refractivity (Wildman–Crippen MR) is 147 cm³/mol. The van der Waals surface area contributed by atoms with Crippen LogP contribution in [0.5, 0.6) is 0 Å². The maximum Gasteiger partial charge on any atom is 0.255 e. The Morgan fingerprint density at radius 2 is 1.75 bits per heavy atom. The van der Waals surface area contributed by atoms with Crippen molar-refractivity contribution >= 4 is 46.3 Å². The average molecular weight is 480 g/mol. The van der Waals surface area contributed by atoms with E-state index >= 15 is 0 Å². The fourth-order valence-corrected chi connectivity index (χ4v) is 3.67. The average Bonchev–Trinajstić information content (AvgIpc) is 2.88. The molecule has 0 atom stereocenters. The fraction of sp³-hybridized carbons (Fsp3) is 0.0690. The van der Waals surface area contributed by atoms with Crippen LogP contribution in [0.4, 0.5) is 27.1 Å². The third-order valence-electron chi connectivity index (χ3n) is 5.56. The van der Waals surface area contributed by atoms with Crippen molar-refractivity contribution in [1.82, 2.24) is 4.98 Å². The van der Waals surface area contributed by atoms with E-state index in [1.54, 1.807) is 36.7 Å². The van der Waals surface area contributed by atoms with Crippen molar-refractivity contribution in [3.8, 4) is 0 Å². The number of nitrogens with one attached hydrogen (secondary N) is 3. The number of halogens is 1. The number of carbonyl (C=O) groups is 1. The SMILES string of the molecule is C=N/C=C\C(=C/C)Nc1ccc(NC(=O)c2ccc(Nc3ccnc4ccc(F)cc34)cc2)cc1C.